The van der Waals surface area contributed by atoms with Crippen LogP contribution in [0.5, 0.6) is 0 Å². The summed E-state index contributed by atoms with van der Waals surface area (Å²) in [6, 6.07) is 12.7. The summed E-state index contributed by atoms with van der Waals surface area (Å²) in [7, 11) is 0. The summed E-state index contributed by atoms with van der Waals surface area (Å²) >= 11 is 2.44. The number of aryl methyl sites for hydroxylation is 1. The highest BCUT2D eigenvalue weighted by atomic mass is 32.2. The lowest BCUT2D eigenvalue weighted by molar-refractivity contribution is 0.0980. The maximum atomic E-state index is 14.3. The zero-order valence-electron chi connectivity index (χ0n) is 15.6. The molecule has 29 heavy (non-hydrogen) atoms. The first-order chi connectivity index (χ1) is 13.9. The normalized spacial score (nSPS) is 10.4. The largest absolute Gasteiger partial charge is 0.313 e. The van der Waals surface area contributed by atoms with E-state index in [-0.39, 0.29) is 23.7 Å². The first kappa shape index (κ1) is 20.8. The quantitative estimate of drug-likeness (QED) is 0.561. The Hall–Kier alpha value is -2.96. The first-order valence-electron chi connectivity index (χ1n) is 8.46. The number of thiazole rings is 1. The van der Waals surface area contributed by atoms with E-state index in [4.69, 9.17) is 5.26 Å². The number of aromatic nitrogens is 1. The van der Waals surface area contributed by atoms with Crippen molar-refractivity contribution in [1.82, 2.24) is 9.71 Å². The van der Waals surface area contributed by atoms with Gasteiger partial charge in [0.15, 0.2) is 16.8 Å². The van der Waals surface area contributed by atoms with E-state index in [1.165, 1.54) is 35.4 Å². The van der Waals surface area contributed by atoms with Gasteiger partial charge in [0.2, 0.25) is 0 Å². The Kier molecular flexibility index (Phi) is 6.46. The van der Waals surface area contributed by atoms with E-state index in [1.807, 2.05) is 6.07 Å². The number of hydrogen-bond donors (Lipinski definition) is 1. The van der Waals surface area contributed by atoms with E-state index in [2.05, 4.69) is 9.71 Å². The van der Waals surface area contributed by atoms with Crippen molar-refractivity contribution in [2.45, 2.75) is 13.5 Å². The molecule has 0 fully saturated rings. The number of nitrogens with zero attached hydrogens (tertiary/aromatic N) is 3. The zero-order valence-corrected chi connectivity index (χ0v) is 17.2. The van der Waals surface area contributed by atoms with Crippen molar-refractivity contribution < 1.29 is 13.6 Å². The van der Waals surface area contributed by atoms with Crippen molar-refractivity contribution in [3.05, 3.63) is 75.8 Å². The molecule has 0 saturated carbocycles. The second-order valence-corrected chi connectivity index (χ2v) is 7.79. The molecule has 9 heteroatoms. The molecule has 3 rings (SSSR count). The lowest BCUT2D eigenvalue weighted by Gasteiger charge is -2.22. The van der Waals surface area contributed by atoms with Crippen LogP contribution in [0.25, 0.3) is 0 Å². The highest BCUT2D eigenvalue weighted by Gasteiger charge is 2.22. The molecule has 148 valence electrons. The van der Waals surface area contributed by atoms with Crippen LogP contribution >= 0.6 is 23.3 Å². The fourth-order valence-corrected chi connectivity index (χ4v) is 3.88. The van der Waals surface area contributed by atoms with Crippen LogP contribution in [0.2, 0.25) is 0 Å². The number of amides is 1. The zero-order chi connectivity index (χ0) is 21.0. The molecule has 5 nitrogen and oxygen atoms in total. The van der Waals surface area contributed by atoms with Crippen molar-refractivity contribution >= 4 is 40.0 Å². The SMILES string of the molecule is CSNC(=O)c1nc(N(Cc2cccc(F)c2F)c2ccc(C#N)cc2)sc1C. The van der Waals surface area contributed by atoms with E-state index < -0.39 is 11.6 Å². The topological polar surface area (TPSA) is 69.0 Å². The number of carbonyl (C=O) groups is 1. The fraction of sp³-hybridized carbons (Fsp3) is 0.150. The van der Waals surface area contributed by atoms with Gasteiger partial charge >= 0.3 is 0 Å². The summed E-state index contributed by atoms with van der Waals surface area (Å²) in [6.45, 7) is 1.78. The van der Waals surface area contributed by atoms with Crippen LogP contribution in [-0.2, 0) is 6.54 Å². The van der Waals surface area contributed by atoms with Crippen LogP contribution in [0.1, 0.15) is 26.5 Å². The third-order valence-corrected chi connectivity index (χ3v) is 5.48. The lowest BCUT2D eigenvalue weighted by atomic mass is 10.1. The number of hydrogen-bond acceptors (Lipinski definition) is 6. The Balaban J connectivity index is 2.05. The minimum atomic E-state index is -0.933. The van der Waals surface area contributed by atoms with E-state index >= 15 is 0 Å². The molecule has 1 heterocycles. The monoisotopic (exact) mass is 430 g/mol. The molecule has 1 amide bonds. The summed E-state index contributed by atoms with van der Waals surface area (Å²) in [4.78, 5) is 19.0. The predicted octanol–water partition coefficient (Wildman–Crippen LogP) is 4.95. The number of anilines is 2. The molecule has 0 unspecified atom stereocenters. The van der Waals surface area contributed by atoms with Gasteiger partial charge in [0, 0.05) is 22.4 Å². The van der Waals surface area contributed by atoms with E-state index in [0.717, 1.165) is 6.07 Å². The highest BCUT2D eigenvalue weighted by molar-refractivity contribution is 7.97. The molecule has 1 aromatic heterocycles. The summed E-state index contributed by atoms with van der Waals surface area (Å²) in [6.07, 6.45) is 1.73. The highest BCUT2D eigenvalue weighted by Crippen LogP contribution is 2.34. The van der Waals surface area contributed by atoms with Crippen molar-refractivity contribution in [3.63, 3.8) is 0 Å². The molecular weight excluding hydrogens is 414 g/mol. The van der Waals surface area contributed by atoms with Crippen LogP contribution in [0.4, 0.5) is 19.6 Å². The maximum absolute atomic E-state index is 14.3. The lowest BCUT2D eigenvalue weighted by Crippen LogP contribution is -2.19. The van der Waals surface area contributed by atoms with Gasteiger partial charge in [-0.2, -0.15) is 5.26 Å². The van der Waals surface area contributed by atoms with E-state index in [0.29, 0.717) is 21.3 Å². The van der Waals surface area contributed by atoms with Gasteiger partial charge in [-0.05, 0) is 37.3 Å². The molecule has 0 aliphatic carbocycles. The molecular formula is C20H16F2N4OS2. The third kappa shape index (κ3) is 4.55. The second kappa shape index (κ2) is 9.03. The molecule has 0 radical (unpaired) electrons. The van der Waals surface area contributed by atoms with Gasteiger partial charge in [0.25, 0.3) is 5.91 Å². The Morgan fingerprint density at radius 2 is 2.00 bits per heavy atom. The van der Waals surface area contributed by atoms with Crippen molar-refractivity contribution in [3.8, 4) is 6.07 Å². The number of halogens is 2. The average Bonchev–Trinajstić information content (AvgIpc) is 3.11. The molecule has 1 N–H and O–H groups in total. The Bertz CT molecular complexity index is 1080. The Morgan fingerprint density at radius 3 is 2.66 bits per heavy atom. The molecule has 0 spiro atoms. The molecule has 0 saturated heterocycles. The Labute approximate surface area is 175 Å². The summed E-state index contributed by atoms with van der Waals surface area (Å²) in [5, 5.41) is 9.49. The first-order valence-corrected chi connectivity index (χ1v) is 10.5. The van der Waals surface area contributed by atoms with Crippen molar-refractivity contribution in [2.75, 3.05) is 11.2 Å². The van der Waals surface area contributed by atoms with Crippen LogP contribution in [0, 0.1) is 29.9 Å². The molecule has 3 aromatic rings. The van der Waals surface area contributed by atoms with Gasteiger partial charge in [-0.1, -0.05) is 24.1 Å². The Morgan fingerprint density at radius 1 is 1.28 bits per heavy atom. The minimum absolute atomic E-state index is 0.00599. The van der Waals surface area contributed by atoms with E-state index in [9.17, 15) is 13.6 Å². The van der Waals surface area contributed by atoms with Crippen molar-refractivity contribution in [1.29, 1.82) is 5.26 Å². The molecule has 2 aromatic carbocycles. The summed E-state index contributed by atoms with van der Waals surface area (Å²) < 4.78 is 30.6. The number of benzene rings is 2. The summed E-state index contributed by atoms with van der Waals surface area (Å²) in [5.74, 6) is -2.19. The molecule has 0 aliphatic rings. The maximum Gasteiger partial charge on any atom is 0.280 e. The predicted molar refractivity (Wildman–Crippen MR) is 111 cm³/mol. The number of nitriles is 1. The number of rotatable bonds is 6. The van der Waals surface area contributed by atoms with Gasteiger partial charge in [-0.25, -0.2) is 13.8 Å². The number of carbonyl (C=O) groups excluding carboxylic acids is 1. The van der Waals surface area contributed by atoms with E-state index in [1.54, 1.807) is 42.3 Å². The summed E-state index contributed by atoms with van der Waals surface area (Å²) in [5.41, 5.74) is 1.54. The smallest absolute Gasteiger partial charge is 0.280 e. The van der Waals surface area contributed by atoms with Gasteiger partial charge in [-0.15, -0.1) is 11.3 Å². The fourth-order valence-electron chi connectivity index (χ4n) is 2.68. The van der Waals surface area contributed by atoms with Crippen LogP contribution in [-0.4, -0.2) is 17.1 Å². The van der Waals surface area contributed by atoms with Gasteiger partial charge < -0.3 is 4.90 Å². The molecule has 0 aliphatic heterocycles. The second-order valence-electron chi connectivity index (χ2n) is 5.99. The van der Waals surface area contributed by atoms with Crippen LogP contribution in [0.15, 0.2) is 42.5 Å². The van der Waals surface area contributed by atoms with Gasteiger partial charge in [0.1, 0.15) is 5.69 Å². The van der Waals surface area contributed by atoms with Crippen molar-refractivity contribution in [2.24, 2.45) is 0 Å². The van der Waals surface area contributed by atoms with Crippen LogP contribution < -0.4 is 9.62 Å². The van der Waals surface area contributed by atoms with Gasteiger partial charge in [-0.3, -0.25) is 9.52 Å². The average molecular weight is 431 g/mol. The van der Waals surface area contributed by atoms with Crippen LogP contribution in [0.3, 0.4) is 0 Å². The van der Waals surface area contributed by atoms with Gasteiger partial charge in [0.05, 0.1) is 18.2 Å². The number of nitrogens with one attached hydrogen (secondary N) is 1. The minimum Gasteiger partial charge on any atom is -0.313 e. The standard InChI is InChI=1S/C20H16F2N4OS2/c1-12-18(19(27)25-28-2)24-20(29-12)26(15-8-6-13(10-23)7-9-15)11-14-4-3-5-16(21)17(14)22/h3-9H,11H2,1-2H3,(H,25,27). The molecule has 0 atom stereocenters. The molecule has 0 bridgehead atoms. The third-order valence-electron chi connectivity index (χ3n) is 4.09.